The van der Waals surface area contributed by atoms with Crippen LogP contribution >= 0.6 is 0 Å². The van der Waals surface area contributed by atoms with E-state index >= 15 is 0 Å². The number of ketones is 1. The second-order valence-electron chi connectivity index (χ2n) is 10.3. The Morgan fingerprint density at radius 3 is 2.15 bits per heavy atom. The van der Waals surface area contributed by atoms with Gasteiger partial charge < -0.3 is 15.0 Å². The van der Waals surface area contributed by atoms with Gasteiger partial charge in [-0.25, -0.2) is 4.79 Å². The van der Waals surface area contributed by atoms with Crippen LogP contribution in [0.1, 0.15) is 51.7 Å². The Morgan fingerprint density at radius 2 is 1.59 bits per heavy atom. The average molecular weight is 465 g/mol. The third-order valence-corrected chi connectivity index (χ3v) is 6.29. The van der Waals surface area contributed by atoms with Gasteiger partial charge in [0.15, 0.2) is 0 Å². The first-order valence-electron chi connectivity index (χ1n) is 12.0. The lowest BCUT2D eigenvalue weighted by Gasteiger charge is -2.42. The smallest absolute Gasteiger partial charge is 0.408 e. The van der Waals surface area contributed by atoms with Crippen molar-refractivity contribution in [1.82, 2.24) is 10.2 Å². The first-order valence-corrected chi connectivity index (χ1v) is 12.0. The van der Waals surface area contributed by atoms with E-state index in [1.54, 1.807) is 32.6 Å². The minimum Gasteiger partial charge on any atom is -0.444 e. The van der Waals surface area contributed by atoms with Crippen molar-refractivity contribution in [3.05, 3.63) is 71.8 Å². The summed E-state index contributed by atoms with van der Waals surface area (Å²) >= 11 is 0. The molecule has 1 fully saturated rings. The van der Waals surface area contributed by atoms with E-state index in [1.807, 2.05) is 60.7 Å². The number of amides is 2. The lowest BCUT2D eigenvalue weighted by atomic mass is 9.72. The van der Waals surface area contributed by atoms with E-state index in [0.717, 1.165) is 24.0 Å². The molecule has 182 valence electrons. The Bertz CT molecular complexity index is 984. The highest BCUT2D eigenvalue weighted by molar-refractivity contribution is 5.88. The van der Waals surface area contributed by atoms with Crippen LogP contribution in [0.25, 0.3) is 0 Å². The molecule has 1 N–H and O–H groups in total. The van der Waals surface area contributed by atoms with Gasteiger partial charge in [0.25, 0.3) is 0 Å². The first-order chi connectivity index (χ1) is 16.1. The number of rotatable bonds is 7. The molecule has 0 radical (unpaired) electrons. The summed E-state index contributed by atoms with van der Waals surface area (Å²) in [5.74, 6) is -0.0957. The second kappa shape index (κ2) is 10.9. The fourth-order valence-corrected chi connectivity index (χ4v) is 4.58. The predicted molar refractivity (Wildman–Crippen MR) is 132 cm³/mol. The molecule has 34 heavy (non-hydrogen) atoms. The number of alkyl carbamates (subject to hydrolysis) is 1. The molecule has 2 amide bonds. The zero-order valence-electron chi connectivity index (χ0n) is 20.7. The van der Waals surface area contributed by atoms with Crippen LogP contribution in [0, 0.1) is 5.41 Å². The van der Waals surface area contributed by atoms with Crippen molar-refractivity contribution in [2.75, 3.05) is 13.1 Å². The lowest BCUT2D eigenvalue weighted by molar-refractivity contribution is -0.141. The zero-order chi connectivity index (χ0) is 24.8. The fourth-order valence-electron chi connectivity index (χ4n) is 4.58. The number of benzene rings is 2. The van der Waals surface area contributed by atoms with Gasteiger partial charge in [0.05, 0.1) is 5.41 Å². The molecule has 0 bridgehead atoms. The summed E-state index contributed by atoms with van der Waals surface area (Å²) in [7, 11) is 0. The van der Waals surface area contributed by atoms with E-state index in [0.29, 0.717) is 25.9 Å². The number of nitrogens with zero attached hydrogens (tertiary/aromatic N) is 1. The molecule has 0 aromatic heterocycles. The van der Waals surface area contributed by atoms with Crippen LogP contribution in [0.5, 0.6) is 0 Å². The molecule has 2 atom stereocenters. The third-order valence-electron chi connectivity index (χ3n) is 6.29. The highest BCUT2D eigenvalue weighted by Crippen LogP contribution is 2.35. The molecule has 1 saturated heterocycles. The summed E-state index contributed by atoms with van der Waals surface area (Å²) in [6.07, 6.45) is 1.80. The van der Waals surface area contributed by atoms with Crippen LogP contribution in [0.3, 0.4) is 0 Å². The Morgan fingerprint density at radius 1 is 1.00 bits per heavy atom. The van der Waals surface area contributed by atoms with Gasteiger partial charge in [-0.1, -0.05) is 60.7 Å². The molecule has 2 unspecified atom stereocenters. The molecule has 3 rings (SSSR count). The Labute approximate surface area is 202 Å². The van der Waals surface area contributed by atoms with Gasteiger partial charge in [0.2, 0.25) is 5.91 Å². The molecule has 6 heteroatoms. The minimum absolute atomic E-state index is 0.0913. The van der Waals surface area contributed by atoms with E-state index in [2.05, 4.69) is 5.32 Å². The molecule has 6 nitrogen and oxygen atoms in total. The van der Waals surface area contributed by atoms with Gasteiger partial charge >= 0.3 is 6.09 Å². The van der Waals surface area contributed by atoms with Crippen LogP contribution in [0.2, 0.25) is 0 Å². The molecule has 1 aliphatic heterocycles. The number of carbonyl (C=O) groups excluding carboxylic acids is 3. The number of Topliss-reactive ketones (excluding diaryl/α,β-unsaturated/α-hetero) is 1. The number of likely N-dealkylation sites (tertiary alicyclic amines) is 1. The molecular weight excluding hydrogens is 428 g/mol. The van der Waals surface area contributed by atoms with Crippen LogP contribution in [0.4, 0.5) is 4.79 Å². The highest BCUT2D eigenvalue weighted by atomic mass is 16.6. The van der Waals surface area contributed by atoms with E-state index in [-0.39, 0.29) is 11.7 Å². The summed E-state index contributed by atoms with van der Waals surface area (Å²) in [6.45, 7) is 7.89. The maximum absolute atomic E-state index is 13.7. The van der Waals surface area contributed by atoms with Crippen molar-refractivity contribution in [2.24, 2.45) is 5.41 Å². The van der Waals surface area contributed by atoms with Gasteiger partial charge in [0, 0.05) is 19.5 Å². The standard InChI is InChI=1S/C28H36N2O4/c1-21(31)28(19-23-14-9-6-10-15-23)16-11-17-30(20-28)25(32)24(18-22-12-7-5-8-13-22)29-26(33)34-27(2,3)4/h5-10,12-15,24H,11,16-20H2,1-4H3,(H,29,33). The van der Waals surface area contributed by atoms with Crippen LogP contribution in [-0.4, -0.2) is 47.4 Å². The number of carbonyl (C=O) groups is 3. The van der Waals surface area contributed by atoms with Crippen molar-refractivity contribution in [1.29, 1.82) is 0 Å². The summed E-state index contributed by atoms with van der Waals surface area (Å²) in [5.41, 5.74) is 0.726. The number of nitrogens with one attached hydrogen (secondary N) is 1. The van der Waals surface area contributed by atoms with Crippen LogP contribution < -0.4 is 5.32 Å². The minimum atomic E-state index is -0.781. The van der Waals surface area contributed by atoms with Gasteiger partial charge in [0.1, 0.15) is 17.4 Å². The first kappa shape index (κ1) is 25.5. The average Bonchev–Trinajstić information content (AvgIpc) is 2.78. The number of ether oxygens (including phenoxy) is 1. The van der Waals surface area contributed by atoms with Gasteiger partial charge in [-0.05, 0) is 58.1 Å². The monoisotopic (exact) mass is 464 g/mol. The Kier molecular flexibility index (Phi) is 8.13. The largest absolute Gasteiger partial charge is 0.444 e. The summed E-state index contributed by atoms with van der Waals surface area (Å²) in [4.78, 5) is 40.9. The summed E-state index contributed by atoms with van der Waals surface area (Å²) < 4.78 is 5.43. The van der Waals surface area contributed by atoms with Crippen LogP contribution in [0.15, 0.2) is 60.7 Å². The summed E-state index contributed by atoms with van der Waals surface area (Å²) in [6, 6.07) is 18.8. The second-order valence-corrected chi connectivity index (χ2v) is 10.3. The Hall–Kier alpha value is -3.15. The zero-order valence-corrected chi connectivity index (χ0v) is 20.7. The van der Waals surface area contributed by atoms with Crippen molar-refractivity contribution in [3.63, 3.8) is 0 Å². The van der Waals surface area contributed by atoms with Gasteiger partial charge in [-0.2, -0.15) is 0 Å². The maximum Gasteiger partial charge on any atom is 0.408 e. The molecule has 2 aromatic carbocycles. The number of piperidine rings is 1. The van der Waals surface area contributed by atoms with Crippen LogP contribution in [-0.2, 0) is 27.2 Å². The van der Waals surface area contributed by atoms with Crippen molar-refractivity contribution in [2.45, 2.75) is 65.0 Å². The van der Waals surface area contributed by atoms with E-state index in [4.69, 9.17) is 4.74 Å². The third kappa shape index (κ3) is 6.92. The van der Waals surface area contributed by atoms with Crippen molar-refractivity contribution < 1.29 is 19.1 Å². The maximum atomic E-state index is 13.7. The quantitative estimate of drug-likeness (QED) is 0.652. The highest BCUT2D eigenvalue weighted by Gasteiger charge is 2.42. The van der Waals surface area contributed by atoms with E-state index in [9.17, 15) is 14.4 Å². The predicted octanol–water partition coefficient (Wildman–Crippen LogP) is 4.56. The molecule has 1 heterocycles. The SMILES string of the molecule is CC(=O)C1(Cc2ccccc2)CCCN(C(=O)C(Cc2ccccc2)NC(=O)OC(C)(C)C)C1. The van der Waals surface area contributed by atoms with Gasteiger partial charge in [-0.15, -0.1) is 0 Å². The van der Waals surface area contributed by atoms with Crippen molar-refractivity contribution in [3.8, 4) is 0 Å². The molecule has 0 spiro atoms. The Balaban J connectivity index is 1.82. The van der Waals surface area contributed by atoms with E-state index < -0.39 is 23.2 Å². The molecule has 0 aliphatic carbocycles. The number of hydrogen-bond acceptors (Lipinski definition) is 4. The molecule has 0 saturated carbocycles. The fraction of sp³-hybridized carbons (Fsp3) is 0.464. The normalized spacial score (nSPS) is 19.2. The molecular formula is C28H36N2O4. The molecule has 1 aliphatic rings. The van der Waals surface area contributed by atoms with Gasteiger partial charge in [-0.3, -0.25) is 9.59 Å². The summed E-state index contributed by atoms with van der Waals surface area (Å²) in [5, 5.41) is 2.79. The molecule has 2 aromatic rings. The van der Waals surface area contributed by atoms with Crippen molar-refractivity contribution >= 4 is 17.8 Å². The topological polar surface area (TPSA) is 75.7 Å². The number of hydrogen-bond donors (Lipinski definition) is 1. The lowest BCUT2D eigenvalue weighted by Crippen LogP contribution is -2.56. The van der Waals surface area contributed by atoms with E-state index in [1.165, 1.54) is 0 Å².